The van der Waals surface area contributed by atoms with Crippen molar-refractivity contribution in [2.75, 3.05) is 10.6 Å². The second kappa shape index (κ2) is 26.0. The smallest absolute Gasteiger partial charge is 0.411 e. The molecule has 4 aromatic carbocycles. The molecule has 0 radical (unpaired) electrons. The van der Waals surface area contributed by atoms with E-state index in [4.69, 9.17) is 14.6 Å². The minimum absolute atomic E-state index is 0. The fourth-order valence-electron chi connectivity index (χ4n) is 6.07. The summed E-state index contributed by atoms with van der Waals surface area (Å²) in [4.78, 5) is 32.9. The number of carbonyl (C=O) groups excluding carboxylic acids is 2. The highest BCUT2D eigenvalue weighted by atomic mass is 79.9. The number of rotatable bonds is 13. The molecule has 71 heavy (non-hydrogen) atoms. The van der Waals surface area contributed by atoms with Crippen molar-refractivity contribution in [2.24, 2.45) is 0 Å². The van der Waals surface area contributed by atoms with Crippen LogP contribution in [0.3, 0.4) is 0 Å². The molecule has 16 nitrogen and oxygen atoms in total. The molecule has 0 bridgehead atoms. The van der Waals surface area contributed by atoms with Gasteiger partial charge in [-0.3, -0.25) is 10.6 Å². The van der Waals surface area contributed by atoms with Crippen LogP contribution in [-0.2, 0) is 42.7 Å². The first kappa shape index (κ1) is 60.2. The molecular weight excluding hydrogens is 1050 g/mol. The minimum Gasteiger partial charge on any atom is -0.447 e. The average molecular weight is 1120 g/mol. The van der Waals surface area contributed by atoms with E-state index in [0.717, 1.165) is 19.9 Å². The summed E-state index contributed by atoms with van der Waals surface area (Å²) < 4.78 is 66.9. The molecule has 6 rings (SSSR count). The largest absolute Gasteiger partial charge is 0.447 e. The van der Waals surface area contributed by atoms with E-state index < -0.39 is 43.3 Å². The number of aliphatic hydroxyl groups is 2. The van der Waals surface area contributed by atoms with Crippen molar-refractivity contribution in [3.8, 4) is 31.6 Å². The van der Waals surface area contributed by atoms with Crippen LogP contribution in [0, 0.1) is 6.92 Å². The third kappa shape index (κ3) is 19.4. The highest BCUT2D eigenvalue weighted by Crippen LogP contribution is 2.37. The van der Waals surface area contributed by atoms with Gasteiger partial charge in [0, 0.05) is 45.3 Å². The monoisotopic (exact) mass is 1120 g/mol. The maximum absolute atomic E-state index is 13.1. The number of aliphatic hydroxyl groups excluding tert-OH is 2. The number of carbonyl (C=O) groups is 2. The summed E-state index contributed by atoms with van der Waals surface area (Å²) in [5.41, 5.74) is 4.19. The van der Waals surface area contributed by atoms with Crippen LogP contribution >= 0.6 is 38.6 Å². The fourth-order valence-corrected chi connectivity index (χ4v) is 11.7. The topological polar surface area (TPSA) is 235 Å². The molecule has 0 aliphatic heterocycles. The van der Waals surface area contributed by atoms with E-state index >= 15 is 0 Å². The fraction of sp³-hybridized carbons (Fsp3) is 0.360. The van der Waals surface area contributed by atoms with Gasteiger partial charge in [0.15, 0.2) is 0 Å². The summed E-state index contributed by atoms with van der Waals surface area (Å²) in [5.74, 6) is 0. The zero-order valence-electron chi connectivity index (χ0n) is 40.9. The average Bonchev–Trinajstić information content (AvgIpc) is 3.92. The lowest BCUT2D eigenvalue weighted by Crippen LogP contribution is -2.40. The van der Waals surface area contributed by atoms with Crippen molar-refractivity contribution >= 4 is 82.2 Å². The second-order valence-electron chi connectivity index (χ2n) is 18.3. The minimum atomic E-state index is -3.84. The Morgan fingerprint density at radius 2 is 1.04 bits per heavy atom. The molecule has 21 heteroatoms. The summed E-state index contributed by atoms with van der Waals surface area (Å²) in [5, 5.41) is 25.5. The van der Waals surface area contributed by atoms with Gasteiger partial charge in [0.25, 0.3) is 0 Å². The van der Waals surface area contributed by atoms with Crippen molar-refractivity contribution < 1.29 is 46.1 Å². The van der Waals surface area contributed by atoms with E-state index in [1.165, 1.54) is 23.5 Å². The molecule has 0 fully saturated rings. The van der Waals surface area contributed by atoms with E-state index in [1.54, 1.807) is 122 Å². The van der Waals surface area contributed by atoms with Gasteiger partial charge in [-0.05, 0) is 169 Å². The molecule has 6 aromatic rings. The number of aryl methyl sites for hydroxylation is 1. The predicted molar refractivity (Wildman–Crippen MR) is 289 cm³/mol. The molecule has 0 atom stereocenters. The number of amides is 2. The Bertz CT molecular complexity index is 2930. The third-order valence-corrected chi connectivity index (χ3v) is 15.1. The maximum Gasteiger partial charge on any atom is 0.411 e. The Hall–Kier alpha value is -5.10. The number of halogens is 1. The number of ether oxygens (including phenoxy) is 2. The van der Waals surface area contributed by atoms with E-state index in [1.807, 2.05) is 50.2 Å². The van der Waals surface area contributed by atoms with Crippen molar-refractivity contribution in [1.29, 1.82) is 0 Å². The molecule has 2 amide bonds. The van der Waals surface area contributed by atoms with Crippen LogP contribution in [0.4, 0.5) is 21.0 Å². The van der Waals surface area contributed by atoms with Crippen molar-refractivity contribution in [3.63, 3.8) is 0 Å². The summed E-state index contributed by atoms with van der Waals surface area (Å²) in [6.45, 7) is 19.1. The molecule has 2 aromatic heterocycles. The van der Waals surface area contributed by atoms with Gasteiger partial charge in [-0.1, -0.05) is 31.7 Å². The summed E-state index contributed by atoms with van der Waals surface area (Å²) in [6, 6.07) is 24.4. The van der Waals surface area contributed by atoms with Crippen LogP contribution < -0.4 is 20.1 Å². The zero-order chi connectivity index (χ0) is 52.2. The van der Waals surface area contributed by atoms with E-state index in [0.29, 0.717) is 43.5 Å². The van der Waals surface area contributed by atoms with Gasteiger partial charge in [0.1, 0.15) is 10.0 Å². The highest BCUT2D eigenvalue weighted by molar-refractivity contribution is 9.11. The first-order chi connectivity index (χ1) is 32.6. The first-order valence-electron chi connectivity index (χ1n) is 21.8. The Labute approximate surface area is 434 Å². The number of thiazole rings is 2. The summed E-state index contributed by atoms with van der Waals surface area (Å²) in [6.07, 6.45) is 2.09. The molecule has 0 spiro atoms. The standard InChI is InChI=1S/C24H29N3O5S2.C13H13BrN2O2S.C12H19NO3S.CH4/c1-15(2)32-23(29)26-18-9-7-17(8-10-18)22-25-13-20(33-22)19-11-6-16(14-28)12-21(19)34(30,31)27-24(3,4)5;1-8(2)18-13(17)16-10-5-3-9(4-6-10)12-15-7-11(14)19-12;1-9-5-6-10(8-14)7-11(9)17(15,16)13-12(2,3)4;/h6-13,15,27-28H,14H2,1-5H3,(H,26,29);3-8H,1-2H3,(H,16,17);5-7,13-14H,8H2,1-4H3;1H4. The van der Waals surface area contributed by atoms with Gasteiger partial charge >= 0.3 is 12.2 Å². The van der Waals surface area contributed by atoms with Gasteiger partial charge in [-0.25, -0.2) is 45.8 Å². The number of hydrogen-bond donors (Lipinski definition) is 6. The van der Waals surface area contributed by atoms with Gasteiger partial charge in [0.05, 0.1) is 50.1 Å². The van der Waals surface area contributed by atoms with E-state index in [2.05, 4.69) is 46.0 Å². The quantitative estimate of drug-likeness (QED) is 0.0634. The predicted octanol–water partition coefficient (Wildman–Crippen LogP) is 11.7. The van der Waals surface area contributed by atoms with Crippen LogP contribution in [0.1, 0.15) is 93.4 Å². The Kier molecular flexibility index (Phi) is 22.1. The highest BCUT2D eigenvalue weighted by Gasteiger charge is 2.27. The van der Waals surface area contributed by atoms with Gasteiger partial charge in [-0.2, -0.15) is 0 Å². The van der Waals surface area contributed by atoms with E-state index in [-0.39, 0.29) is 42.6 Å². The van der Waals surface area contributed by atoms with Gasteiger partial charge in [0.2, 0.25) is 20.0 Å². The molecule has 0 saturated carbocycles. The van der Waals surface area contributed by atoms with Crippen LogP contribution in [0.5, 0.6) is 0 Å². The molecule has 2 heterocycles. The maximum atomic E-state index is 13.1. The molecule has 386 valence electrons. The number of nitrogens with one attached hydrogen (secondary N) is 4. The third-order valence-electron chi connectivity index (χ3n) is 8.81. The van der Waals surface area contributed by atoms with E-state index in [9.17, 15) is 31.5 Å². The summed E-state index contributed by atoms with van der Waals surface area (Å²) >= 11 is 6.30. The number of benzene rings is 4. The van der Waals surface area contributed by atoms with Crippen molar-refractivity contribution in [1.82, 2.24) is 19.4 Å². The Morgan fingerprint density at radius 3 is 1.45 bits per heavy atom. The van der Waals surface area contributed by atoms with Crippen LogP contribution in [0.15, 0.2) is 111 Å². The Morgan fingerprint density at radius 1 is 0.634 bits per heavy atom. The first-order valence-corrected chi connectivity index (χ1v) is 27.2. The second-order valence-corrected chi connectivity index (χ2v) is 25.0. The normalized spacial score (nSPS) is 11.7. The molecule has 0 unspecified atom stereocenters. The van der Waals surface area contributed by atoms with Crippen LogP contribution in [-0.4, -0.2) is 72.5 Å². The SMILES string of the molecule is C.CC(C)OC(=O)Nc1ccc(-c2ncc(-c3ccc(CO)cc3S(=O)(=O)NC(C)(C)C)s2)cc1.CC(C)OC(=O)Nc1ccc(-c2ncc(Br)s2)cc1.Cc1ccc(CO)cc1S(=O)(=O)NC(C)(C)C. The van der Waals surface area contributed by atoms with Crippen molar-refractivity contribution in [3.05, 3.63) is 118 Å². The van der Waals surface area contributed by atoms with Crippen molar-refractivity contribution in [2.45, 2.75) is 130 Å². The summed E-state index contributed by atoms with van der Waals surface area (Å²) in [7, 11) is -7.39. The van der Waals surface area contributed by atoms with Gasteiger partial charge < -0.3 is 19.7 Å². The van der Waals surface area contributed by atoms with Gasteiger partial charge in [-0.15, -0.1) is 22.7 Å². The molecule has 6 N–H and O–H groups in total. The Balaban J connectivity index is 0.000000305. The lowest BCUT2D eigenvalue weighted by molar-refractivity contribution is 0.129. The molecule has 0 aliphatic rings. The molecular formula is C50H65BrN6O10S4. The lowest BCUT2D eigenvalue weighted by Gasteiger charge is -2.21. The number of hydrogen-bond acceptors (Lipinski definition) is 14. The lowest BCUT2D eigenvalue weighted by atomic mass is 10.1. The number of sulfonamides is 2. The number of aromatic nitrogens is 2. The number of nitrogens with zero attached hydrogens (tertiary/aromatic N) is 2. The number of anilines is 2. The zero-order valence-corrected chi connectivity index (χ0v) is 45.7. The molecule has 0 aliphatic carbocycles. The van der Waals surface area contributed by atoms with Crippen LogP contribution in [0.25, 0.3) is 31.6 Å². The van der Waals surface area contributed by atoms with Crippen LogP contribution in [0.2, 0.25) is 0 Å². The molecule has 0 saturated heterocycles.